The second-order valence-corrected chi connectivity index (χ2v) is 5.73. The highest BCUT2D eigenvalue weighted by Crippen LogP contribution is 2.21. The van der Waals surface area contributed by atoms with Gasteiger partial charge in [-0.15, -0.1) is 0 Å². The van der Waals surface area contributed by atoms with Crippen LogP contribution >= 0.6 is 0 Å². The van der Waals surface area contributed by atoms with Crippen molar-refractivity contribution in [2.75, 3.05) is 20.3 Å². The highest BCUT2D eigenvalue weighted by molar-refractivity contribution is 5.74. The molecule has 0 heterocycles. The Kier molecular flexibility index (Phi) is 7.37. The van der Waals surface area contributed by atoms with Gasteiger partial charge in [0.05, 0.1) is 18.8 Å². The van der Waals surface area contributed by atoms with E-state index in [0.29, 0.717) is 12.0 Å². The number of aliphatic hydroxyl groups is 1. The number of carbonyl (C=O) groups excluding carboxylic acids is 1. The van der Waals surface area contributed by atoms with Crippen LogP contribution in [0, 0.1) is 5.82 Å². The standard InChI is InChI=1S/C19H23FN2O3/c1-25-13-15(23)12-21-19(24)22-18(11-14-7-3-2-4-8-14)16-9-5-6-10-17(16)20/h2-10,15,18,23H,11-13H2,1H3,(H2,21,22,24). The fraction of sp³-hybridized carbons (Fsp3) is 0.316. The highest BCUT2D eigenvalue weighted by Gasteiger charge is 2.19. The Balaban J connectivity index is 2.07. The summed E-state index contributed by atoms with van der Waals surface area (Å²) in [5.74, 6) is -0.372. The van der Waals surface area contributed by atoms with Gasteiger partial charge in [0.15, 0.2) is 0 Å². The fourth-order valence-corrected chi connectivity index (χ4v) is 2.52. The van der Waals surface area contributed by atoms with Gasteiger partial charge in [0.1, 0.15) is 5.82 Å². The number of aliphatic hydroxyl groups excluding tert-OH is 1. The number of urea groups is 1. The SMILES string of the molecule is COCC(O)CNC(=O)NC(Cc1ccccc1)c1ccccc1F. The molecule has 2 amide bonds. The van der Waals surface area contributed by atoms with Crippen LogP contribution in [0.15, 0.2) is 54.6 Å². The minimum atomic E-state index is -0.795. The molecular weight excluding hydrogens is 323 g/mol. The van der Waals surface area contributed by atoms with Crippen LogP contribution in [0.3, 0.4) is 0 Å². The summed E-state index contributed by atoms with van der Waals surface area (Å²) in [5.41, 5.74) is 1.40. The first-order chi connectivity index (χ1) is 12.1. The average molecular weight is 346 g/mol. The van der Waals surface area contributed by atoms with Gasteiger partial charge < -0.3 is 20.5 Å². The summed E-state index contributed by atoms with van der Waals surface area (Å²) in [4.78, 5) is 12.1. The zero-order valence-electron chi connectivity index (χ0n) is 14.1. The van der Waals surface area contributed by atoms with Crippen molar-refractivity contribution in [3.05, 3.63) is 71.5 Å². The Labute approximate surface area is 146 Å². The molecular formula is C19H23FN2O3. The predicted octanol–water partition coefficient (Wildman–Crippen LogP) is 2.42. The lowest BCUT2D eigenvalue weighted by Crippen LogP contribution is -2.43. The van der Waals surface area contributed by atoms with E-state index < -0.39 is 18.2 Å². The molecule has 0 saturated heterocycles. The van der Waals surface area contributed by atoms with Crippen LogP contribution in [0.5, 0.6) is 0 Å². The molecule has 0 aliphatic carbocycles. The van der Waals surface area contributed by atoms with E-state index in [2.05, 4.69) is 10.6 Å². The number of ether oxygens (including phenoxy) is 1. The molecule has 0 spiro atoms. The number of amides is 2. The van der Waals surface area contributed by atoms with E-state index in [4.69, 9.17) is 4.74 Å². The number of nitrogens with one attached hydrogen (secondary N) is 2. The molecule has 0 radical (unpaired) electrons. The lowest BCUT2D eigenvalue weighted by molar-refractivity contribution is 0.0659. The van der Waals surface area contributed by atoms with Crippen molar-refractivity contribution in [2.24, 2.45) is 0 Å². The molecule has 2 rings (SSSR count). The summed E-state index contributed by atoms with van der Waals surface area (Å²) in [6, 6.07) is 14.9. The van der Waals surface area contributed by atoms with Crippen LogP contribution in [-0.4, -0.2) is 37.5 Å². The molecule has 0 aliphatic heterocycles. The maximum Gasteiger partial charge on any atom is 0.315 e. The quantitative estimate of drug-likeness (QED) is 0.687. The van der Waals surface area contributed by atoms with Gasteiger partial charge in [-0.3, -0.25) is 0 Å². The van der Waals surface area contributed by atoms with Gasteiger partial charge in [0.2, 0.25) is 0 Å². The van der Waals surface area contributed by atoms with E-state index >= 15 is 0 Å². The number of hydrogen-bond donors (Lipinski definition) is 3. The molecule has 2 unspecified atom stereocenters. The Morgan fingerprint density at radius 1 is 1.16 bits per heavy atom. The molecule has 0 bridgehead atoms. The Morgan fingerprint density at radius 2 is 1.84 bits per heavy atom. The molecule has 6 heteroatoms. The molecule has 2 aromatic carbocycles. The van der Waals surface area contributed by atoms with E-state index in [0.717, 1.165) is 5.56 Å². The second-order valence-electron chi connectivity index (χ2n) is 5.73. The number of carbonyl (C=O) groups is 1. The summed E-state index contributed by atoms with van der Waals surface area (Å²) < 4.78 is 19.0. The lowest BCUT2D eigenvalue weighted by atomic mass is 9.98. The van der Waals surface area contributed by atoms with Gasteiger partial charge in [-0.1, -0.05) is 48.5 Å². The van der Waals surface area contributed by atoms with Gasteiger partial charge in [0, 0.05) is 19.2 Å². The number of benzene rings is 2. The number of rotatable bonds is 8. The van der Waals surface area contributed by atoms with Crippen molar-refractivity contribution >= 4 is 6.03 Å². The van der Waals surface area contributed by atoms with Gasteiger partial charge in [-0.05, 0) is 18.1 Å². The van der Waals surface area contributed by atoms with Gasteiger partial charge in [-0.2, -0.15) is 0 Å². The maximum atomic E-state index is 14.2. The molecule has 2 atom stereocenters. The second kappa shape index (κ2) is 9.76. The van der Waals surface area contributed by atoms with Gasteiger partial charge in [0.25, 0.3) is 0 Å². The molecule has 2 aromatic rings. The van der Waals surface area contributed by atoms with Crippen molar-refractivity contribution in [3.8, 4) is 0 Å². The lowest BCUT2D eigenvalue weighted by Gasteiger charge is -2.21. The van der Waals surface area contributed by atoms with Crippen LogP contribution in [0.2, 0.25) is 0 Å². The van der Waals surface area contributed by atoms with Crippen LogP contribution < -0.4 is 10.6 Å². The Hall–Kier alpha value is -2.44. The maximum absolute atomic E-state index is 14.2. The van der Waals surface area contributed by atoms with Crippen molar-refractivity contribution in [1.29, 1.82) is 0 Å². The van der Waals surface area contributed by atoms with E-state index in [1.54, 1.807) is 18.2 Å². The Bertz CT molecular complexity index is 667. The summed E-state index contributed by atoms with van der Waals surface area (Å²) in [5, 5.41) is 14.9. The third kappa shape index (κ3) is 6.17. The van der Waals surface area contributed by atoms with Crippen molar-refractivity contribution < 1.29 is 19.0 Å². The zero-order valence-corrected chi connectivity index (χ0v) is 14.1. The van der Waals surface area contributed by atoms with E-state index in [1.807, 2.05) is 30.3 Å². The summed E-state index contributed by atoms with van der Waals surface area (Å²) in [6.45, 7) is 0.177. The topological polar surface area (TPSA) is 70.6 Å². The monoisotopic (exact) mass is 346 g/mol. The van der Waals surface area contributed by atoms with Gasteiger partial charge >= 0.3 is 6.03 Å². The van der Waals surface area contributed by atoms with E-state index in [1.165, 1.54) is 13.2 Å². The molecule has 25 heavy (non-hydrogen) atoms. The average Bonchev–Trinajstić information content (AvgIpc) is 2.61. The minimum Gasteiger partial charge on any atom is -0.389 e. The third-order valence-electron chi connectivity index (χ3n) is 3.73. The molecule has 3 N–H and O–H groups in total. The number of methoxy groups -OCH3 is 1. The van der Waals surface area contributed by atoms with E-state index in [-0.39, 0.29) is 19.0 Å². The first-order valence-corrected chi connectivity index (χ1v) is 8.10. The zero-order chi connectivity index (χ0) is 18.1. The summed E-state index contributed by atoms with van der Waals surface area (Å²) in [6.07, 6.45) is -0.340. The van der Waals surface area contributed by atoms with Crippen molar-refractivity contribution in [1.82, 2.24) is 10.6 Å². The first-order valence-electron chi connectivity index (χ1n) is 8.10. The predicted molar refractivity (Wildman–Crippen MR) is 93.7 cm³/mol. The third-order valence-corrected chi connectivity index (χ3v) is 3.73. The number of halogens is 1. The Morgan fingerprint density at radius 3 is 2.52 bits per heavy atom. The normalized spacial score (nSPS) is 13.1. The summed E-state index contributed by atoms with van der Waals surface area (Å²) >= 11 is 0. The van der Waals surface area contributed by atoms with Crippen molar-refractivity contribution in [2.45, 2.75) is 18.6 Å². The fourth-order valence-electron chi connectivity index (χ4n) is 2.52. The molecule has 0 aliphatic rings. The smallest absolute Gasteiger partial charge is 0.315 e. The largest absolute Gasteiger partial charge is 0.389 e. The van der Waals surface area contributed by atoms with Crippen LogP contribution in [0.25, 0.3) is 0 Å². The molecule has 0 saturated carbocycles. The van der Waals surface area contributed by atoms with Gasteiger partial charge in [-0.25, -0.2) is 9.18 Å². The van der Waals surface area contributed by atoms with Crippen molar-refractivity contribution in [3.63, 3.8) is 0 Å². The summed E-state index contributed by atoms with van der Waals surface area (Å²) in [7, 11) is 1.47. The highest BCUT2D eigenvalue weighted by atomic mass is 19.1. The minimum absolute atomic E-state index is 0.0506. The molecule has 134 valence electrons. The van der Waals surface area contributed by atoms with Crippen LogP contribution in [0.4, 0.5) is 9.18 Å². The van der Waals surface area contributed by atoms with E-state index in [9.17, 15) is 14.3 Å². The molecule has 0 aromatic heterocycles. The molecule has 5 nitrogen and oxygen atoms in total. The van der Waals surface area contributed by atoms with Crippen LogP contribution in [0.1, 0.15) is 17.2 Å². The first kappa shape index (κ1) is 18.9. The van der Waals surface area contributed by atoms with Crippen LogP contribution in [-0.2, 0) is 11.2 Å². The molecule has 0 fully saturated rings. The number of hydrogen-bond acceptors (Lipinski definition) is 3.